The molecule has 1 aromatic rings. The molecule has 0 saturated heterocycles. The highest BCUT2D eigenvalue weighted by Gasteiger charge is 2.04. The molecule has 0 amide bonds. The number of nitrogens with one attached hydrogen (secondary N) is 1. The second kappa shape index (κ2) is 5.41. The third kappa shape index (κ3) is 2.86. The van der Waals surface area contributed by atoms with Crippen LogP contribution in [0.3, 0.4) is 0 Å². The molecule has 0 bridgehead atoms. The summed E-state index contributed by atoms with van der Waals surface area (Å²) in [6.07, 6.45) is 3.90. The van der Waals surface area contributed by atoms with Crippen LogP contribution in [0.15, 0.2) is 18.9 Å². The third-order valence-corrected chi connectivity index (χ3v) is 1.66. The van der Waals surface area contributed by atoms with Gasteiger partial charge in [-0.15, -0.1) is 6.58 Å². The van der Waals surface area contributed by atoms with E-state index in [-0.39, 0.29) is 5.95 Å². The van der Waals surface area contributed by atoms with Gasteiger partial charge in [0.25, 0.3) is 0 Å². The molecule has 0 fully saturated rings. The first-order chi connectivity index (χ1) is 6.77. The zero-order valence-electron chi connectivity index (χ0n) is 7.53. The third-order valence-electron chi connectivity index (χ3n) is 1.40. The number of halogens is 1. The average molecular weight is 215 g/mol. The highest BCUT2D eigenvalue weighted by Crippen LogP contribution is 2.21. The standard InChI is InChI=1S/C8H11ClN4O/c1-2-3-4-14-7-6(9)5-11-8(12-7)13-10/h2,5H,1,3-4,10H2,(H,11,12,13). The Morgan fingerprint density at radius 1 is 1.71 bits per heavy atom. The normalized spacial score (nSPS) is 9.57. The summed E-state index contributed by atoms with van der Waals surface area (Å²) in [5.74, 6) is 5.72. The van der Waals surface area contributed by atoms with Gasteiger partial charge in [0.15, 0.2) is 0 Å². The van der Waals surface area contributed by atoms with E-state index in [9.17, 15) is 0 Å². The van der Waals surface area contributed by atoms with Gasteiger partial charge < -0.3 is 4.74 Å². The van der Waals surface area contributed by atoms with Gasteiger partial charge in [-0.2, -0.15) is 4.98 Å². The molecule has 6 heteroatoms. The van der Waals surface area contributed by atoms with Crippen LogP contribution in [0.25, 0.3) is 0 Å². The summed E-state index contributed by atoms with van der Waals surface area (Å²) < 4.78 is 5.27. The first kappa shape index (κ1) is 10.7. The van der Waals surface area contributed by atoms with Crippen molar-refractivity contribution in [3.05, 3.63) is 23.9 Å². The Bertz CT molecular complexity index is 318. The number of hydrogen-bond donors (Lipinski definition) is 2. The molecule has 1 aromatic heterocycles. The van der Waals surface area contributed by atoms with E-state index >= 15 is 0 Å². The second-order valence-electron chi connectivity index (χ2n) is 2.42. The maximum absolute atomic E-state index is 5.79. The van der Waals surface area contributed by atoms with Crippen LogP contribution in [0.5, 0.6) is 5.88 Å². The molecule has 0 spiro atoms. The van der Waals surface area contributed by atoms with Gasteiger partial charge in [0, 0.05) is 0 Å². The monoisotopic (exact) mass is 214 g/mol. The smallest absolute Gasteiger partial charge is 0.240 e. The van der Waals surface area contributed by atoms with E-state index in [1.54, 1.807) is 6.08 Å². The number of ether oxygens (including phenoxy) is 1. The molecule has 1 heterocycles. The van der Waals surface area contributed by atoms with Crippen molar-refractivity contribution in [2.75, 3.05) is 12.0 Å². The van der Waals surface area contributed by atoms with Gasteiger partial charge in [0.1, 0.15) is 5.02 Å². The molecule has 5 nitrogen and oxygen atoms in total. The van der Waals surface area contributed by atoms with Crippen molar-refractivity contribution in [2.45, 2.75) is 6.42 Å². The molecule has 76 valence electrons. The van der Waals surface area contributed by atoms with E-state index in [4.69, 9.17) is 22.2 Å². The number of hydrazine groups is 1. The van der Waals surface area contributed by atoms with E-state index in [0.717, 1.165) is 6.42 Å². The summed E-state index contributed by atoms with van der Waals surface area (Å²) >= 11 is 5.79. The largest absolute Gasteiger partial charge is 0.476 e. The minimum atomic E-state index is 0.267. The first-order valence-electron chi connectivity index (χ1n) is 4.00. The Hall–Kier alpha value is -1.33. The second-order valence-corrected chi connectivity index (χ2v) is 2.82. The van der Waals surface area contributed by atoms with Crippen LogP contribution in [0.4, 0.5) is 5.95 Å². The van der Waals surface area contributed by atoms with Crippen molar-refractivity contribution < 1.29 is 4.74 Å². The van der Waals surface area contributed by atoms with Crippen LogP contribution < -0.4 is 16.0 Å². The van der Waals surface area contributed by atoms with Crippen LogP contribution in [0.1, 0.15) is 6.42 Å². The maximum atomic E-state index is 5.79. The molecule has 0 aliphatic carbocycles. The number of rotatable bonds is 5. The van der Waals surface area contributed by atoms with Gasteiger partial charge in [0.05, 0.1) is 12.8 Å². The molecule has 0 atom stereocenters. The Morgan fingerprint density at radius 3 is 3.14 bits per heavy atom. The Balaban J connectivity index is 2.68. The van der Waals surface area contributed by atoms with Gasteiger partial charge in [-0.3, -0.25) is 5.43 Å². The van der Waals surface area contributed by atoms with Gasteiger partial charge in [-0.1, -0.05) is 17.7 Å². The summed E-state index contributed by atoms with van der Waals surface area (Å²) in [6, 6.07) is 0. The fourth-order valence-electron chi connectivity index (χ4n) is 0.761. The highest BCUT2D eigenvalue weighted by atomic mass is 35.5. The molecule has 3 N–H and O–H groups in total. The number of nitrogen functional groups attached to an aromatic ring is 1. The zero-order chi connectivity index (χ0) is 10.4. The fourth-order valence-corrected chi connectivity index (χ4v) is 0.907. The average Bonchev–Trinajstić information content (AvgIpc) is 2.21. The Kier molecular flexibility index (Phi) is 4.15. The topological polar surface area (TPSA) is 73.1 Å². The zero-order valence-corrected chi connectivity index (χ0v) is 8.29. The lowest BCUT2D eigenvalue weighted by Gasteiger charge is -2.06. The molecule has 0 saturated carbocycles. The van der Waals surface area contributed by atoms with Crippen molar-refractivity contribution >= 4 is 17.5 Å². The predicted molar refractivity (Wildman–Crippen MR) is 55.2 cm³/mol. The predicted octanol–water partition coefficient (Wildman–Crippen LogP) is 1.37. The van der Waals surface area contributed by atoms with Gasteiger partial charge in [-0.05, 0) is 6.42 Å². The van der Waals surface area contributed by atoms with Gasteiger partial charge in [-0.25, -0.2) is 10.8 Å². The summed E-state index contributed by atoms with van der Waals surface area (Å²) in [5.41, 5.74) is 2.30. The number of nitrogens with two attached hydrogens (primary N) is 1. The molecular formula is C8H11ClN4O. The summed E-state index contributed by atoms with van der Waals surface area (Å²) in [7, 11) is 0. The van der Waals surface area contributed by atoms with Crippen molar-refractivity contribution in [3.8, 4) is 5.88 Å². The van der Waals surface area contributed by atoms with Crippen molar-refractivity contribution in [1.82, 2.24) is 9.97 Å². The molecule has 0 unspecified atom stereocenters. The number of nitrogens with zero attached hydrogens (tertiary/aromatic N) is 2. The van der Waals surface area contributed by atoms with Crippen LogP contribution in [-0.2, 0) is 0 Å². The Labute approximate surface area is 86.9 Å². The molecule has 0 aliphatic rings. The van der Waals surface area contributed by atoms with Crippen molar-refractivity contribution in [1.29, 1.82) is 0 Å². The van der Waals surface area contributed by atoms with E-state index in [1.165, 1.54) is 6.20 Å². The quantitative estimate of drug-likeness (QED) is 0.335. The van der Waals surface area contributed by atoms with Crippen molar-refractivity contribution in [2.24, 2.45) is 5.84 Å². The summed E-state index contributed by atoms with van der Waals surface area (Å²) in [5, 5.41) is 0.355. The lowest BCUT2D eigenvalue weighted by Crippen LogP contribution is -2.11. The minimum absolute atomic E-state index is 0.267. The molecular weight excluding hydrogens is 204 g/mol. The fraction of sp³-hybridized carbons (Fsp3) is 0.250. The molecule has 14 heavy (non-hydrogen) atoms. The SMILES string of the molecule is C=CCCOc1nc(NN)ncc1Cl. The summed E-state index contributed by atoms with van der Waals surface area (Å²) in [6.45, 7) is 4.05. The lowest BCUT2D eigenvalue weighted by molar-refractivity contribution is 0.312. The van der Waals surface area contributed by atoms with Crippen LogP contribution >= 0.6 is 11.6 Å². The summed E-state index contributed by atoms with van der Waals surface area (Å²) in [4.78, 5) is 7.73. The van der Waals surface area contributed by atoms with Gasteiger partial charge in [0.2, 0.25) is 11.8 Å². The van der Waals surface area contributed by atoms with E-state index < -0.39 is 0 Å². The molecule has 0 aliphatic heterocycles. The van der Waals surface area contributed by atoms with Crippen LogP contribution in [0.2, 0.25) is 5.02 Å². The maximum Gasteiger partial charge on any atom is 0.240 e. The highest BCUT2D eigenvalue weighted by molar-refractivity contribution is 6.31. The van der Waals surface area contributed by atoms with Crippen LogP contribution in [-0.4, -0.2) is 16.6 Å². The molecule has 0 aromatic carbocycles. The minimum Gasteiger partial charge on any atom is -0.476 e. The van der Waals surface area contributed by atoms with E-state index in [0.29, 0.717) is 17.5 Å². The molecule has 1 rings (SSSR count). The lowest BCUT2D eigenvalue weighted by atomic mass is 10.4. The molecule has 0 radical (unpaired) electrons. The van der Waals surface area contributed by atoms with Crippen LogP contribution in [0, 0.1) is 0 Å². The number of hydrogen-bond acceptors (Lipinski definition) is 5. The first-order valence-corrected chi connectivity index (χ1v) is 4.38. The van der Waals surface area contributed by atoms with E-state index in [1.807, 2.05) is 0 Å². The number of anilines is 1. The van der Waals surface area contributed by atoms with Crippen molar-refractivity contribution in [3.63, 3.8) is 0 Å². The Morgan fingerprint density at radius 2 is 2.50 bits per heavy atom. The van der Waals surface area contributed by atoms with Gasteiger partial charge >= 0.3 is 0 Å². The number of aromatic nitrogens is 2. The van der Waals surface area contributed by atoms with E-state index in [2.05, 4.69) is 22.0 Å².